The minimum absolute atomic E-state index is 0.122. The topological polar surface area (TPSA) is 49.3 Å². The van der Waals surface area contributed by atoms with Crippen LogP contribution in [-0.4, -0.2) is 23.7 Å². The molecule has 0 bridgehead atoms. The maximum absolute atomic E-state index is 12.1. The zero-order valence-electron chi connectivity index (χ0n) is 12.2. The van der Waals surface area contributed by atoms with Gasteiger partial charge in [0.1, 0.15) is 0 Å². The van der Waals surface area contributed by atoms with Gasteiger partial charge in [0, 0.05) is 12.0 Å². The van der Waals surface area contributed by atoms with Crippen LogP contribution in [0.3, 0.4) is 0 Å². The smallest absolute Gasteiger partial charge is 0.252 e. The van der Waals surface area contributed by atoms with Gasteiger partial charge in [-0.15, -0.1) is 0 Å². The Labute approximate surface area is 130 Å². The molecular formula is C15H21Cl2NO2. The molecule has 1 rings (SSSR count). The molecule has 0 saturated carbocycles. The summed E-state index contributed by atoms with van der Waals surface area (Å²) in [5.74, 6) is -0.168. The third-order valence-corrected chi connectivity index (χ3v) is 4.15. The average molecular weight is 318 g/mol. The van der Waals surface area contributed by atoms with E-state index in [9.17, 15) is 9.90 Å². The summed E-state index contributed by atoms with van der Waals surface area (Å²) in [5, 5.41) is 13.5. The maximum atomic E-state index is 12.1. The van der Waals surface area contributed by atoms with Gasteiger partial charge in [-0.3, -0.25) is 4.79 Å². The van der Waals surface area contributed by atoms with Crippen LogP contribution in [0.15, 0.2) is 18.2 Å². The highest BCUT2D eigenvalue weighted by atomic mass is 35.5. The molecule has 1 unspecified atom stereocenters. The molecule has 112 valence electrons. The SMILES string of the molecule is CC(C)C(O)C(C)(C)CNC(=O)c1cccc(Cl)c1Cl. The van der Waals surface area contributed by atoms with Crippen LogP contribution >= 0.6 is 23.2 Å². The van der Waals surface area contributed by atoms with Crippen molar-refractivity contribution in [1.29, 1.82) is 0 Å². The summed E-state index contributed by atoms with van der Waals surface area (Å²) in [7, 11) is 0. The number of aliphatic hydroxyl groups is 1. The molecular weight excluding hydrogens is 297 g/mol. The van der Waals surface area contributed by atoms with Gasteiger partial charge in [0.15, 0.2) is 0 Å². The van der Waals surface area contributed by atoms with Crippen LogP contribution in [0.2, 0.25) is 10.0 Å². The van der Waals surface area contributed by atoms with Gasteiger partial charge in [0.2, 0.25) is 0 Å². The molecule has 0 saturated heterocycles. The molecule has 0 aromatic heterocycles. The average Bonchev–Trinajstić information content (AvgIpc) is 2.38. The normalized spacial score (nSPS) is 13.4. The molecule has 1 amide bonds. The highest BCUT2D eigenvalue weighted by Gasteiger charge is 2.30. The molecule has 2 N–H and O–H groups in total. The number of benzene rings is 1. The quantitative estimate of drug-likeness (QED) is 0.868. The van der Waals surface area contributed by atoms with Crippen LogP contribution in [0, 0.1) is 11.3 Å². The van der Waals surface area contributed by atoms with E-state index in [-0.39, 0.29) is 16.8 Å². The van der Waals surface area contributed by atoms with Crippen LogP contribution in [0.1, 0.15) is 38.1 Å². The molecule has 0 heterocycles. The second-order valence-electron chi connectivity index (χ2n) is 5.96. The summed E-state index contributed by atoms with van der Waals surface area (Å²) in [6, 6.07) is 4.93. The number of rotatable bonds is 5. The van der Waals surface area contributed by atoms with E-state index in [2.05, 4.69) is 5.32 Å². The highest BCUT2D eigenvalue weighted by molar-refractivity contribution is 6.43. The van der Waals surface area contributed by atoms with Crippen LogP contribution in [0.4, 0.5) is 0 Å². The van der Waals surface area contributed by atoms with E-state index in [0.717, 1.165) is 0 Å². The van der Waals surface area contributed by atoms with Crippen molar-refractivity contribution in [2.45, 2.75) is 33.8 Å². The second kappa shape index (κ2) is 6.79. The van der Waals surface area contributed by atoms with Gasteiger partial charge >= 0.3 is 0 Å². The number of carbonyl (C=O) groups is 1. The lowest BCUT2D eigenvalue weighted by Gasteiger charge is -2.33. The Morgan fingerprint density at radius 1 is 1.35 bits per heavy atom. The van der Waals surface area contributed by atoms with Crippen molar-refractivity contribution in [3.8, 4) is 0 Å². The number of nitrogens with one attached hydrogen (secondary N) is 1. The molecule has 3 nitrogen and oxygen atoms in total. The fourth-order valence-corrected chi connectivity index (χ4v) is 2.48. The minimum atomic E-state index is -0.502. The van der Waals surface area contributed by atoms with Gasteiger partial charge in [-0.05, 0) is 18.1 Å². The molecule has 0 fully saturated rings. The Morgan fingerprint density at radius 2 is 1.95 bits per heavy atom. The van der Waals surface area contributed by atoms with Crippen molar-refractivity contribution in [1.82, 2.24) is 5.32 Å². The lowest BCUT2D eigenvalue weighted by molar-refractivity contribution is 0.0138. The van der Waals surface area contributed by atoms with Gasteiger partial charge < -0.3 is 10.4 Å². The zero-order valence-corrected chi connectivity index (χ0v) is 13.7. The standard InChI is InChI=1S/C15H21Cl2NO2/c1-9(2)13(19)15(3,4)8-18-14(20)10-6-5-7-11(16)12(10)17/h5-7,9,13,19H,8H2,1-4H3,(H,18,20). The molecule has 0 aliphatic carbocycles. The summed E-state index contributed by atoms with van der Waals surface area (Å²) in [5.41, 5.74) is -0.0801. The summed E-state index contributed by atoms with van der Waals surface area (Å²) >= 11 is 11.9. The predicted octanol–water partition coefficient (Wildman–Crippen LogP) is 3.77. The first-order valence-corrected chi connectivity index (χ1v) is 7.32. The molecule has 1 aromatic rings. The van der Waals surface area contributed by atoms with Gasteiger partial charge in [0.05, 0.1) is 21.7 Å². The van der Waals surface area contributed by atoms with Gasteiger partial charge in [-0.2, -0.15) is 0 Å². The lowest BCUT2D eigenvalue weighted by atomic mass is 9.80. The first-order valence-electron chi connectivity index (χ1n) is 6.57. The van der Waals surface area contributed by atoms with Gasteiger partial charge in [-0.1, -0.05) is 57.0 Å². The number of aliphatic hydroxyl groups excluding tert-OH is 1. The minimum Gasteiger partial charge on any atom is -0.392 e. The Kier molecular flexibility index (Phi) is 5.87. The van der Waals surface area contributed by atoms with E-state index >= 15 is 0 Å². The summed E-state index contributed by atoms with van der Waals surface area (Å²) in [4.78, 5) is 12.1. The van der Waals surface area contributed by atoms with Crippen LogP contribution in [0.25, 0.3) is 0 Å². The lowest BCUT2D eigenvalue weighted by Crippen LogP contribution is -2.43. The van der Waals surface area contributed by atoms with Crippen molar-refractivity contribution in [2.75, 3.05) is 6.54 Å². The fourth-order valence-electron chi connectivity index (χ4n) is 2.09. The molecule has 5 heteroatoms. The molecule has 0 aliphatic heterocycles. The van der Waals surface area contributed by atoms with Crippen molar-refractivity contribution in [3.63, 3.8) is 0 Å². The van der Waals surface area contributed by atoms with E-state index in [0.29, 0.717) is 17.1 Å². The number of hydrogen-bond donors (Lipinski definition) is 2. The Balaban J connectivity index is 2.75. The van der Waals surface area contributed by atoms with Crippen molar-refractivity contribution in [3.05, 3.63) is 33.8 Å². The van der Waals surface area contributed by atoms with Crippen molar-refractivity contribution in [2.24, 2.45) is 11.3 Å². The van der Waals surface area contributed by atoms with Gasteiger partial charge in [0.25, 0.3) is 5.91 Å². The Morgan fingerprint density at radius 3 is 2.50 bits per heavy atom. The van der Waals surface area contributed by atoms with Crippen molar-refractivity contribution >= 4 is 29.1 Å². The van der Waals surface area contributed by atoms with Crippen LogP contribution in [-0.2, 0) is 0 Å². The number of halogens is 2. The number of hydrogen-bond acceptors (Lipinski definition) is 2. The molecule has 0 aliphatic rings. The Bertz CT molecular complexity index is 487. The third kappa shape index (κ3) is 4.11. The summed E-state index contributed by atoms with van der Waals surface area (Å²) in [6.45, 7) is 8.08. The van der Waals surface area contributed by atoms with Gasteiger partial charge in [-0.25, -0.2) is 0 Å². The first kappa shape index (κ1) is 17.3. The molecule has 1 atom stereocenters. The fraction of sp³-hybridized carbons (Fsp3) is 0.533. The van der Waals surface area contributed by atoms with Crippen molar-refractivity contribution < 1.29 is 9.90 Å². The van der Waals surface area contributed by atoms with Crippen LogP contribution in [0.5, 0.6) is 0 Å². The van der Waals surface area contributed by atoms with Crippen LogP contribution < -0.4 is 5.32 Å². The second-order valence-corrected chi connectivity index (χ2v) is 6.75. The summed E-state index contributed by atoms with van der Waals surface area (Å²) < 4.78 is 0. The number of carbonyl (C=O) groups excluding carboxylic acids is 1. The van der Waals surface area contributed by atoms with E-state index < -0.39 is 11.5 Å². The molecule has 1 aromatic carbocycles. The largest absolute Gasteiger partial charge is 0.392 e. The first-order chi connectivity index (χ1) is 9.16. The monoisotopic (exact) mass is 317 g/mol. The van der Waals surface area contributed by atoms with E-state index in [1.165, 1.54) is 0 Å². The highest BCUT2D eigenvalue weighted by Crippen LogP contribution is 2.27. The summed E-state index contributed by atoms with van der Waals surface area (Å²) in [6.07, 6.45) is -0.502. The van der Waals surface area contributed by atoms with E-state index in [4.69, 9.17) is 23.2 Å². The number of amides is 1. The molecule has 20 heavy (non-hydrogen) atoms. The third-order valence-electron chi connectivity index (χ3n) is 3.33. The van der Waals surface area contributed by atoms with E-state index in [1.807, 2.05) is 27.7 Å². The Hall–Kier alpha value is -0.770. The molecule has 0 spiro atoms. The maximum Gasteiger partial charge on any atom is 0.252 e. The zero-order chi connectivity index (χ0) is 15.5. The van der Waals surface area contributed by atoms with E-state index in [1.54, 1.807) is 18.2 Å². The molecule has 0 radical (unpaired) electrons. The predicted molar refractivity (Wildman–Crippen MR) is 83.4 cm³/mol.